The van der Waals surface area contributed by atoms with Gasteiger partial charge in [0, 0.05) is 58.6 Å². The molecule has 3 aromatic rings. The molecule has 12 nitrogen and oxygen atoms in total. The highest BCUT2D eigenvalue weighted by Crippen LogP contribution is 2.35. The van der Waals surface area contributed by atoms with Gasteiger partial charge in [0.05, 0.1) is 24.6 Å². The van der Waals surface area contributed by atoms with Crippen LogP contribution in [0.15, 0.2) is 29.1 Å². The number of amides is 2. The van der Waals surface area contributed by atoms with E-state index >= 15 is 0 Å². The van der Waals surface area contributed by atoms with Crippen LogP contribution in [0.5, 0.6) is 0 Å². The summed E-state index contributed by atoms with van der Waals surface area (Å²) >= 11 is 0. The van der Waals surface area contributed by atoms with Crippen molar-refractivity contribution in [2.75, 3.05) is 39.2 Å². The van der Waals surface area contributed by atoms with E-state index < -0.39 is 20.1 Å². The average Bonchev–Trinajstić information content (AvgIpc) is 3.53. The second kappa shape index (κ2) is 11.5. The molecule has 0 aromatic carbocycles. The van der Waals surface area contributed by atoms with E-state index in [0.29, 0.717) is 37.7 Å². The number of likely N-dealkylation sites (tertiary alicyclic amines) is 1. The topological polar surface area (TPSA) is 135 Å². The van der Waals surface area contributed by atoms with Gasteiger partial charge in [-0.05, 0) is 25.0 Å². The van der Waals surface area contributed by atoms with Crippen molar-refractivity contribution >= 4 is 36.8 Å². The largest absolute Gasteiger partial charge is 0.465 e. The lowest BCUT2D eigenvalue weighted by Gasteiger charge is -2.32. The number of anilines is 1. The summed E-state index contributed by atoms with van der Waals surface area (Å²) in [5.74, 6) is -0.223. The zero-order valence-electron chi connectivity index (χ0n) is 22.6. The molecule has 0 aliphatic carbocycles. The molecule has 1 atom stereocenters. The molecule has 1 unspecified atom stereocenters. The predicted octanol–water partition coefficient (Wildman–Crippen LogP) is 4.19. The molecule has 2 N–H and O–H groups in total. The van der Waals surface area contributed by atoms with Crippen molar-refractivity contribution in [2.24, 2.45) is 0 Å². The zero-order valence-corrected chi connectivity index (χ0v) is 23.6. The minimum absolute atomic E-state index is 0.0264. The van der Waals surface area contributed by atoms with Gasteiger partial charge in [-0.1, -0.05) is 19.6 Å². The number of nitrogens with one attached hydrogen (secondary N) is 1. The first kappa shape index (κ1) is 27.6. The van der Waals surface area contributed by atoms with Crippen molar-refractivity contribution in [1.29, 1.82) is 0 Å². The molecule has 0 radical (unpaired) electrons. The number of carbonyl (C=O) groups is 2. The van der Waals surface area contributed by atoms with Crippen LogP contribution in [0.25, 0.3) is 22.5 Å². The number of ether oxygens (including phenoxy) is 1. The molecule has 3 aromatic heterocycles. The highest BCUT2D eigenvalue weighted by molar-refractivity contribution is 6.76. The van der Waals surface area contributed by atoms with Gasteiger partial charge < -0.3 is 29.0 Å². The molecule has 1 fully saturated rings. The van der Waals surface area contributed by atoms with E-state index in [0.717, 1.165) is 35.0 Å². The highest BCUT2D eigenvalue weighted by Gasteiger charge is 2.27. The molecule has 0 spiro atoms. The normalized spacial score (nSPS) is 16.1. The maximum Gasteiger partial charge on any atom is 0.407 e. The molecule has 38 heavy (non-hydrogen) atoms. The lowest BCUT2D eigenvalue weighted by molar-refractivity contribution is -0.0773. The van der Waals surface area contributed by atoms with Gasteiger partial charge in [0.15, 0.2) is 0 Å². The van der Waals surface area contributed by atoms with Crippen molar-refractivity contribution in [3.8, 4) is 11.5 Å². The predicted molar refractivity (Wildman–Crippen MR) is 145 cm³/mol. The Morgan fingerprint density at radius 3 is 2.79 bits per heavy atom. The smallest absolute Gasteiger partial charge is 0.407 e. The number of pyridine rings is 1. The Kier molecular flexibility index (Phi) is 8.38. The minimum atomic E-state index is -1.20. The summed E-state index contributed by atoms with van der Waals surface area (Å²) in [5, 5.41) is 14.9. The van der Waals surface area contributed by atoms with E-state index in [1.807, 2.05) is 16.8 Å². The molecule has 4 rings (SSSR count). The average molecular weight is 545 g/mol. The Hall–Kier alpha value is -3.42. The van der Waals surface area contributed by atoms with Crippen molar-refractivity contribution < 1.29 is 28.7 Å². The number of nitrogens with zero attached hydrogens (tertiary/aromatic N) is 5. The monoisotopic (exact) mass is 544 g/mol. The summed E-state index contributed by atoms with van der Waals surface area (Å²) in [6.07, 6.45) is 5.55. The van der Waals surface area contributed by atoms with Crippen LogP contribution in [-0.4, -0.2) is 89.6 Å². The lowest BCUT2D eigenvalue weighted by Crippen LogP contribution is -2.44. The van der Waals surface area contributed by atoms with Gasteiger partial charge in [-0.3, -0.25) is 9.63 Å². The minimum Gasteiger partial charge on any atom is -0.465 e. The van der Waals surface area contributed by atoms with E-state index in [2.05, 4.69) is 34.9 Å². The van der Waals surface area contributed by atoms with Gasteiger partial charge in [0.1, 0.15) is 12.4 Å². The van der Waals surface area contributed by atoms with Crippen LogP contribution in [0, 0.1) is 0 Å². The van der Waals surface area contributed by atoms with Crippen LogP contribution < -0.4 is 5.32 Å². The summed E-state index contributed by atoms with van der Waals surface area (Å²) < 4.78 is 13.7. The Morgan fingerprint density at radius 2 is 2.08 bits per heavy atom. The molecule has 0 bridgehead atoms. The van der Waals surface area contributed by atoms with Gasteiger partial charge in [-0.25, -0.2) is 19.8 Å². The maximum absolute atomic E-state index is 12.5. The van der Waals surface area contributed by atoms with E-state index in [1.54, 1.807) is 6.20 Å². The fourth-order valence-corrected chi connectivity index (χ4v) is 5.07. The van der Waals surface area contributed by atoms with Crippen LogP contribution in [0.2, 0.25) is 25.7 Å². The third kappa shape index (κ3) is 6.34. The Morgan fingerprint density at radius 1 is 1.29 bits per heavy atom. The third-order valence-corrected chi connectivity index (χ3v) is 8.27. The van der Waals surface area contributed by atoms with Crippen LogP contribution >= 0.6 is 0 Å². The fraction of sp³-hybridized carbons (Fsp3) is 0.520. The number of rotatable bonds is 10. The van der Waals surface area contributed by atoms with Crippen LogP contribution in [0.1, 0.15) is 23.4 Å². The molecular formula is C25H36N6O6Si. The Labute approximate surface area is 222 Å². The third-order valence-electron chi connectivity index (χ3n) is 6.56. The number of hydroxylamine groups is 2. The SMILES string of the molecule is CON(C)C(=O)c1cnc(-c2cnc3c(ccn3COCC[Si](C)(C)C)c2NC2CCCN(C(=O)O)C2)o1. The number of hydrogen-bond acceptors (Lipinski definition) is 8. The summed E-state index contributed by atoms with van der Waals surface area (Å²) in [4.78, 5) is 39.5. The number of hydrogen-bond donors (Lipinski definition) is 2. The molecular weight excluding hydrogens is 508 g/mol. The highest BCUT2D eigenvalue weighted by atomic mass is 28.3. The molecule has 1 aliphatic heterocycles. The number of carboxylic acid groups (broad SMARTS) is 1. The summed E-state index contributed by atoms with van der Waals surface area (Å²) in [7, 11) is 1.67. The summed E-state index contributed by atoms with van der Waals surface area (Å²) in [6, 6.07) is 2.90. The molecule has 13 heteroatoms. The molecule has 1 saturated heterocycles. The standard InChI is InChI=1S/C25H36N6O6Si/c1-29(35-2)24(32)20-14-27-23(37-20)19-13-26-22-18(8-10-31(22)16-36-11-12-38(3,4)5)21(19)28-17-7-6-9-30(15-17)25(33)34/h8,10,13-14,17H,6-7,9,11-12,15-16H2,1-5H3,(H,26,28)(H,33,34). The molecule has 2 amide bonds. The number of carbonyl (C=O) groups excluding carboxylic acids is 1. The molecule has 0 saturated carbocycles. The first-order valence-corrected chi connectivity index (χ1v) is 16.4. The van der Waals surface area contributed by atoms with Crippen LogP contribution in [-0.2, 0) is 16.3 Å². The van der Waals surface area contributed by atoms with Gasteiger partial charge in [-0.15, -0.1) is 0 Å². The number of oxazole rings is 1. The Balaban J connectivity index is 1.66. The number of aromatic nitrogens is 3. The lowest BCUT2D eigenvalue weighted by atomic mass is 10.0. The molecule has 4 heterocycles. The van der Waals surface area contributed by atoms with Gasteiger partial charge in [0.25, 0.3) is 0 Å². The van der Waals surface area contributed by atoms with Crippen molar-refractivity contribution in [2.45, 2.75) is 51.3 Å². The van der Waals surface area contributed by atoms with E-state index in [9.17, 15) is 14.7 Å². The Bertz CT molecular complexity index is 1290. The second-order valence-corrected chi connectivity index (χ2v) is 16.3. The fourth-order valence-electron chi connectivity index (χ4n) is 4.31. The maximum atomic E-state index is 12.5. The van der Waals surface area contributed by atoms with Crippen molar-refractivity contribution in [3.05, 3.63) is 30.4 Å². The van der Waals surface area contributed by atoms with Gasteiger partial charge >= 0.3 is 12.0 Å². The molecule has 206 valence electrons. The van der Waals surface area contributed by atoms with Crippen LogP contribution in [0.3, 0.4) is 0 Å². The van der Waals surface area contributed by atoms with E-state index in [4.69, 9.17) is 14.0 Å². The number of piperidine rings is 1. The van der Waals surface area contributed by atoms with Gasteiger partial charge in [-0.2, -0.15) is 0 Å². The van der Waals surface area contributed by atoms with E-state index in [-0.39, 0.29) is 17.7 Å². The first-order valence-electron chi connectivity index (χ1n) is 12.7. The van der Waals surface area contributed by atoms with Crippen molar-refractivity contribution in [3.63, 3.8) is 0 Å². The zero-order chi connectivity index (χ0) is 27.4. The quantitative estimate of drug-likeness (QED) is 0.219. The van der Waals surface area contributed by atoms with Crippen molar-refractivity contribution in [1.82, 2.24) is 24.5 Å². The second-order valence-electron chi connectivity index (χ2n) is 10.6. The summed E-state index contributed by atoms with van der Waals surface area (Å²) in [6.45, 7) is 8.87. The van der Waals surface area contributed by atoms with E-state index in [1.165, 1.54) is 25.3 Å². The number of fused-ring (bicyclic) bond motifs is 1. The first-order chi connectivity index (χ1) is 18.1. The van der Waals surface area contributed by atoms with Crippen LogP contribution in [0.4, 0.5) is 10.5 Å². The molecule has 1 aliphatic rings. The summed E-state index contributed by atoms with van der Waals surface area (Å²) in [5.41, 5.74) is 2.01. The van der Waals surface area contributed by atoms with Gasteiger partial charge in [0.2, 0.25) is 11.7 Å².